The summed E-state index contributed by atoms with van der Waals surface area (Å²) in [4.78, 5) is 4.37. The van der Waals surface area contributed by atoms with E-state index < -0.39 is 0 Å². The quantitative estimate of drug-likeness (QED) is 0.658. The van der Waals surface area contributed by atoms with Crippen LogP contribution in [-0.4, -0.2) is 9.38 Å². The van der Waals surface area contributed by atoms with Crippen LogP contribution in [0.1, 0.15) is 0 Å². The number of imidazole rings is 1. The van der Waals surface area contributed by atoms with Crippen LogP contribution in [0.3, 0.4) is 0 Å². The van der Waals surface area contributed by atoms with Gasteiger partial charge in [-0.2, -0.15) is 0 Å². The Labute approximate surface area is 101 Å². The first kappa shape index (κ1) is 9.75. The highest BCUT2D eigenvalue weighted by Crippen LogP contribution is 2.26. The highest BCUT2D eigenvalue weighted by Gasteiger charge is 2.09. The summed E-state index contributed by atoms with van der Waals surface area (Å²) in [5.74, 6) is 0.629. The highest BCUT2D eigenvalue weighted by molar-refractivity contribution is 6.33. The Hall–Kier alpha value is -1.45. The van der Waals surface area contributed by atoms with E-state index in [1.165, 1.54) is 0 Å². The van der Waals surface area contributed by atoms with E-state index in [1.807, 2.05) is 22.9 Å². The first-order valence-corrected chi connectivity index (χ1v) is 5.38. The van der Waals surface area contributed by atoms with Gasteiger partial charge < -0.3 is 8.82 Å². The fraction of sp³-hybridized carbons (Fsp3) is 0. The zero-order valence-corrected chi connectivity index (χ0v) is 9.53. The maximum Gasteiger partial charge on any atom is 0.194 e. The molecule has 0 unspecified atom stereocenters. The second-order valence-corrected chi connectivity index (χ2v) is 4.10. The topological polar surface area (TPSA) is 30.4 Å². The molecule has 0 saturated carbocycles. The van der Waals surface area contributed by atoms with Gasteiger partial charge in [-0.05, 0) is 35.9 Å². The second kappa shape index (κ2) is 3.54. The van der Waals surface area contributed by atoms with E-state index >= 15 is 0 Å². The molecule has 3 aromatic heterocycles. The van der Waals surface area contributed by atoms with Crippen molar-refractivity contribution in [1.82, 2.24) is 9.38 Å². The standard InChI is InChI=1S/C11H6Cl2N2O/c12-7-2-1-5-15-6-8(14-11(7)15)9-3-4-10(13)16-9/h1-6H. The Balaban J connectivity index is 2.22. The fourth-order valence-electron chi connectivity index (χ4n) is 1.55. The van der Waals surface area contributed by atoms with Crippen LogP contribution < -0.4 is 0 Å². The predicted molar refractivity (Wildman–Crippen MR) is 62.9 cm³/mol. The van der Waals surface area contributed by atoms with Gasteiger partial charge in [-0.3, -0.25) is 0 Å². The summed E-state index contributed by atoms with van der Waals surface area (Å²) >= 11 is 11.7. The molecule has 0 fully saturated rings. The van der Waals surface area contributed by atoms with Crippen LogP contribution in [-0.2, 0) is 0 Å². The molecule has 0 aliphatic carbocycles. The molecule has 80 valence electrons. The number of aromatic nitrogens is 2. The maximum absolute atomic E-state index is 6.02. The Bertz CT molecular complexity index is 657. The summed E-state index contributed by atoms with van der Waals surface area (Å²) in [7, 11) is 0. The van der Waals surface area contributed by atoms with Crippen LogP contribution >= 0.6 is 23.2 Å². The Morgan fingerprint density at radius 3 is 2.75 bits per heavy atom. The lowest BCUT2D eigenvalue weighted by atomic mass is 10.4. The minimum Gasteiger partial charge on any atom is -0.443 e. The van der Waals surface area contributed by atoms with E-state index in [0.717, 1.165) is 0 Å². The van der Waals surface area contributed by atoms with Crippen LogP contribution in [0.5, 0.6) is 0 Å². The van der Waals surface area contributed by atoms with Crippen molar-refractivity contribution in [3.05, 3.63) is 46.9 Å². The molecule has 0 radical (unpaired) electrons. The zero-order chi connectivity index (χ0) is 11.1. The number of nitrogens with zero attached hydrogens (tertiary/aromatic N) is 2. The van der Waals surface area contributed by atoms with Crippen molar-refractivity contribution in [2.45, 2.75) is 0 Å². The van der Waals surface area contributed by atoms with Crippen molar-refractivity contribution in [2.24, 2.45) is 0 Å². The fourth-order valence-corrected chi connectivity index (χ4v) is 1.91. The molecule has 3 aromatic rings. The minimum absolute atomic E-state index is 0.346. The summed E-state index contributed by atoms with van der Waals surface area (Å²) in [6, 6.07) is 7.11. The van der Waals surface area contributed by atoms with Gasteiger partial charge in [0.15, 0.2) is 16.6 Å². The van der Waals surface area contributed by atoms with E-state index in [0.29, 0.717) is 27.3 Å². The second-order valence-electron chi connectivity index (χ2n) is 3.32. The SMILES string of the molecule is Clc1ccc(-c2cn3cccc(Cl)c3n2)o1. The average molecular weight is 253 g/mol. The first-order valence-electron chi connectivity index (χ1n) is 4.63. The number of halogens is 2. The summed E-state index contributed by atoms with van der Waals surface area (Å²) in [6.07, 6.45) is 3.72. The molecule has 0 spiro atoms. The molecule has 0 aliphatic rings. The van der Waals surface area contributed by atoms with E-state index in [9.17, 15) is 0 Å². The summed E-state index contributed by atoms with van der Waals surface area (Å²) in [6.45, 7) is 0. The normalized spacial score (nSPS) is 11.1. The van der Waals surface area contributed by atoms with Crippen molar-refractivity contribution in [2.75, 3.05) is 0 Å². The molecular weight excluding hydrogens is 247 g/mol. The van der Waals surface area contributed by atoms with Gasteiger partial charge in [0.05, 0.1) is 5.02 Å². The van der Waals surface area contributed by atoms with Gasteiger partial charge >= 0.3 is 0 Å². The number of hydrogen-bond donors (Lipinski definition) is 0. The van der Waals surface area contributed by atoms with Gasteiger partial charge in [0.1, 0.15) is 5.69 Å². The molecule has 16 heavy (non-hydrogen) atoms. The Morgan fingerprint density at radius 1 is 1.19 bits per heavy atom. The number of furan rings is 1. The average Bonchev–Trinajstić information content (AvgIpc) is 2.84. The number of rotatable bonds is 1. The molecule has 0 saturated heterocycles. The van der Waals surface area contributed by atoms with E-state index in [2.05, 4.69) is 4.98 Å². The van der Waals surface area contributed by atoms with Crippen LogP contribution in [0, 0.1) is 0 Å². The van der Waals surface area contributed by atoms with Crippen molar-refractivity contribution in [3.63, 3.8) is 0 Å². The predicted octanol–water partition coefficient (Wildman–Crippen LogP) is 3.90. The van der Waals surface area contributed by atoms with Gasteiger partial charge in [0.25, 0.3) is 0 Å². The van der Waals surface area contributed by atoms with Crippen molar-refractivity contribution < 1.29 is 4.42 Å². The number of hydrogen-bond acceptors (Lipinski definition) is 2. The minimum atomic E-state index is 0.346. The van der Waals surface area contributed by atoms with E-state index in [-0.39, 0.29) is 0 Å². The monoisotopic (exact) mass is 252 g/mol. The largest absolute Gasteiger partial charge is 0.443 e. The molecule has 0 amide bonds. The van der Waals surface area contributed by atoms with Crippen molar-refractivity contribution in [3.8, 4) is 11.5 Å². The lowest BCUT2D eigenvalue weighted by molar-refractivity contribution is 0.582. The summed E-state index contributed by atoms with van der Waals surface area (Å²) < 4.78 is 7.13. The van der Waals surface area contributed by atoms with E-state index in [4.69, 9.17) is 27.6 Å². The lowest BCUT2D eigenvalue weighted by Crippen LogP contribution is -1.80. The molecule has 3 nitrogen and oxygen atoms in total. The molecule has 5 heteroatoms. The summed E-state index contributed by atoms with van der Waals surface area (Å²) in [5, 5.41) is 0.949. The van der Waals surface area contributed by atoms with Crippen LogP contribution in [0.2, 0.25) is 10.2 Å². The van der Waals surface area contributed by atoms with Crippen LogP contribution in [0.25, 0.3) is 17.1 Å². The number of fused-ring (bicyclic) bond motifs is 1. The smallest absolute Gasteiger partial charge is 0.194 e. The molecule has 0 aliphatic heterocycles. The molecule has 3 rings (SSSR count). The molecular formula is C11H6Cl2N2O. The summed E-state index contributed by atoms with van der Waals surface area (Å²) in [5.41, 5.74) is 1.41. The maximum atomic E-state index is 6.02. The van der Waals surface area contributed by atoms with Crippen LogP contribution in [0.4, 0.5) is 0 Å². The van der Waals surface area contributed by atoms with Crippen LogP contribution in [0.15, 0.2) is 41.1 Å². The third-order valence-corrected chi connectivity index (χ3v) is 2.76. The molecule has 0 N–H and O–H groups in total. The molecule has 0 atom stereocenters. The van der Waals surface area contributed by atoms with Gasteiger partial charge in [0.2, 0.25) is 0 Å². The van der Waals surface area contributed by atoms with Gasteiger partial charge in [0, 0.05) is 12.4 Å². The zero-order valence-electron chi connectivity index (χ0n) is 8.02. The van der Waals surface area contributed by atoms with Crippen molar-refractivity contribution >= 4 is 28.8 Å². The van der Waals surface area contributed by atoms with Crippen molar-refractivity contribution in [1.29, 1.82) is 0 Å². The highest BCUT2D eigenvalue weighted by atomic mass is 35.5. The lowest BCUT2D eigenvalue weighted by Gasteiger charge is -1.91. The number of pyridine rings is 1. The van der Waals surface area contributed by atoms with Gasteiger partial charge in [-0.25, -0.2) is 4.98 Å². The Kier molecular flexibility index (Phi) is 2.16. The molecule has 0 aromatic carbocycles. The van der Waals surface area contributed by atoms with Gasteiger partial charge in [-0.15, -0.1) is 0 Å². The molecule has 0 bridgehead atoms. The molecule has 3 heterocycles. The first-order chi connectivity index (χ1) is 7.74. The van der Waals surface area contributed by atoms with Gasteiger partial charge in [-0.1, -0.05) is 11.6 Å². The third kappa shape index (κ3) is 1.49. The van der Waals surface area contributed by atoms with E-state index in [1.54, 1.807) is 18.2 Å². The third-order valence-electron chi connectivity index (χ3n) is 2.26. The Morgan fingerprint density at radius 2 is 2.06 bits per heavy atom.